The first-order valence-corrected chi connectivity index (χ1v) is 5.01. The van der Waals surface area contributed by atoms with Gasteiger partial charge in [-0.15, -0.1) is 0 Å². The summed E-state index contributed by atoms with van der Waals surface area (Å²) in [6.07, 6.45) is 4.02. The van der Waals surface area contributed by atoms with E-state index >= 15 is 0 Å². The third-order valence-electron chi connectivity index (χ3n) is 2.97. The molecule has 3 nitrogen and oxygen atoms in total. The van der Waals surface area contributed by atoms with Crippen LogP contribution in [0.2, 0.25) is 0 Å². The Morgan fingerprint density at radius 2 is 2.36 bits per heavy atom. The van der Waals surface area contributed by atoms with Gasteiger partial charge in [-0.05, 0) is 37.8 Å². The van der Waals surface area contributed by atoms with Crippen LogP contribution in [-0.4, -0.2) is 23.9 Å². The van der Waals surface area contributed by atoms with Gasteiger partial charge in [0, 0.05) is 13.1 Å². The molecule has 1 aromatic heterocycles. The van der Waals surface area contributed by atoms with Crippen molar-refractivity contribution in [3.8, 4) is 0 Å². The van der Waals surface area contributed by atoms with E-state index in [0.29, 0.717) is 17.7 Å². The van der Waals surface area contributed by atoms with Crippen LogP contribution in [0.25, 0.3) is 0 Å². The molecule has 1 aliphatic rings. The van der Waals surface area contributed by atoms with E-state index in [2.05, 4.69) is 6.92 Å². The number of carbonyl (C=O) groups excluding carboxylic acids is 1. The lowest BCUT2D eigenvalue weighted by Crippen LogP contribution is -2.36. The Bertz CT molecular complexity index is 314. The third-order valence-corrected chi connectivity index (χ3v) is 2.97. The van der Waals surface area contributed by atoms with E-state index < -0.39 is 0 Å². The highest BCUT2D eigenvalue weighted by atomic mass is 16.3. The Morgan fingerprint density at radius 3 is 2.86 bits per heavy atom. The van der Waals surface area contributed by atoms with Crippen LogP contribution in [0.15, 0.2) is 22.8 Å². The Balaban J connectivity index is 2.03. The maximum absolute atomic E-state index is 11.8. The molecule has 76 valence electrons. The summed E-state index contributed by atoms with van der Waals surface area (Å²) in [5, 5.41) is 0. The quantitative estimate of drug-likeness (QED) is 0.737. The molecular weight excluding hydrogens is 178 g/mol. The minimum Gasteiger partial charge on any atom is -0.459 e. The SMILES string of the molecule is CC(C1CC1)N(C)C(=O)c1ccco1. The lowest BCUT2D eigenvalue weighted by molar-refractivity contribution is 0.0695. The van der Waals surface area contributed by atoms with E-state index in [0.717, 1.165) is 0 Å². The molecule has 1 fully saturated rings. The number of nitrogens with zero attached hydrogens (tertiary/aromatic N) is 1. The molecule has 2 rings (SSSR count). The van der Waals surface area contributed by atoms with E-state index in [1.54, 1.807) is 17.0 Å². The standard InChI is InChI=1S/C11H15NO2/c1-8(9-5-6-9)12(2)11(13)10-4-3-7-14-10/h3-4,7-9H,5-6H2,1-2H3. The zero-order valence-corrected chi connectivity index (χ0v) is 8.56. The zero-order valence-electron chi connectivity index (χ0n) is 8.56. The van der Waals surface area contributed by atoms with Gasteiger partial charge < -0.3 is 9.32 Å². The van der Waals surface area contributed by atoms with Crippen molar-refractivity contribution < 1.29 is 9.21 Å². The van der Waals surface area contributed by atoms with Crippen molar-refractivity contribution in [3.63, 3.8) is 0 Å². The molecule has 1 saturated carbocycles. The van der Waals surface area contributed by atoms with Crippen molar-refractivity contribution in [2.24, 2.45) is 5.92 Å². The largest absolute Gasteiger partial charge is 0.459 e. The van der Waals surface area contributed by atoms with Crippen molar-refractivity contribution in [3.05, 3.63) is 24.2 Å². The van der Waals surface area contributed by atoms with E-state index in [-0.39, 0.29) is 5.91 Å². The Hall–Kier alpha value is -1.25. The summed E-state index contributed by atoms with van der Waals surface area (Å²) in [6.45, 7) is 2.10. The molecule has 0 spiro atoms. The van der Waals surface area contributed by atoms with Crippen LogP contribution in [-0.2, 0) is 0 Å². The van der Waals surface area contributed by atoms with Crippen LogP contribution in [0.4, 0.5) is 0 Å². The van der Waals surface area contributed by atoms with E-state index in [4.69, 9.17) is 4.42 Å². The summed E-state index contributed by atoms with van der Waals surface area (Å²) < 4.78 is 5.08. The second-order valence-corrected chi connectivity index (χ2v) is 3.97. The van der Waals surface area contributed by atoms with E-state index in [1.165, 1.54) is 19.1 Å². The van der Waals surface area contributed by atoms with Gasteiger partial charge in [0.1, 0.15) is 0 Å². The Kier molecular flexibility index (Phi) is 2.32. The third kappa shape index (κ3) is 1.67. The van der Waals surface area contributed by atoms with Crippen molar-refractivity contribution in [1.82, 2.24) is 4.90 Å². The Morgan fingerprint density at radius 1 is 1.64 bits per heavy atom. The van der Waals surface area contributed by atoms with E-state index in [9.17, 15) is 4.79 Å². The highest BCUT2D eigenvalue weighted by molar-refractivity contribution is 5.91. The molecule has 1 aromatic rings. The maximum atomic E-state index is 11.8. The summed E-state index contributed by atoms with van der Waals surface area (Å²) >= 11 is 0. The first-order chi connectivity index (χ1) is 6.70. The average molecular weight is 193 g/mol. The van der Waals surface area contributed by atoms with Gasteiger partial charge >= 0.3 is 0 Å². The van der Waals surface area contributed by atoms with Gasteiger partial charge in [-0.3, -0.25) is 4.79 Å². The van der Waals surface area contributed by atoms with E-state index in [1.807, 2.05) is 7.05 Å². The number of amides is 1. The number of rotatable bonds is 3. The summed E-state index contributed by atoms with van der Waals surface area (Å²) in [5.74, 6) is 1.10. The first kappa shape index (κ1) is 9.31. The zero-order chi connectivity index (χ0) is 10.1. The monoisotopic (exact) mass is 193 g/mol. The van der Waals surface area contributed by atoms with Gasteiger partial charge in [0.15, 0.2) is 5.76 Å². The van der Waals surface area contributed by atoms with Crippen molar-refractivity contribution in [2.75, 3.05) is 7.05 Å². The molecule has 1 amide bonds. The highest BCUT2D eigenvalue weighted by Gasteiger charge is 2.33. The molecule has 0 aliphatic heterocycles. The molecule has 0 saturated heterocycles. The number of furan rings is 1. The topological polar surface area (TPSA) is 33.5 Å². The number of hydrogen-bond donors (Lipinski definition) is 0. The highest BCUT2D eigenvalue weighted by Crippen LogP contribution is 2.35. The van der Waals surface area contributed by atoms with Crippen LogP contribution >= 0.6 is 0 Å². The minimum atomic E-state index is -0.0191. The fraction of sp³-hybridized carbons (Fsp3) is 0.545. The van der Waals surface area contributed by atoms with Crippen molar-refractivity contribution >= 4 is 5.91 Å². The van der Waals surface area contributed by atoms with Gasteiger partial charge in [-0.25, -0.2) is 0 Å². The number of hydrogen-bond acceptors (Lipinski definition) is 2. The smallest absolute Gasteiger partial charge is 0.289 e. The second kappa shape index (κ2) is 3.48. The van der Waals surface area contributed by atoms with Crippen LogP contribution < -0.4 is 0 Å². The van der Waals surface area contributed by atoms with Crippen molar-refractivity contribution in [2.45, 2.75) is 25.8 Å². The lowest BCUT2D eigenvalue weighted by atomic mass is 10.2. The molecule has 0 radical (unpaired) electrons. The second-order valence-electron chi connectivity index (χ2n) is 3.97. The van der Waals surface area contributed by atoms with Crippen LogP contribution in [0.1, 0.15) is 30.3 Å². The van der Waals surface area contributed by atoms with Crippen LogP contribution in [0, 0.1) is 5.92 Å². The summed E-state index contributed by atoms with van der Waals surface area (Å²) in [7, 11) is 1.84. The fourth-order valence-corrected chi connectivity index (χ4v) is 1.65. The molecule has 1 heterocycles. The first-order valence-electron chi connectivity index (χ1n) is 5.01. The Labute approximate surface area is 83.7 Å². The molecule has 1 unspecified atom stereocenters. The predicted molar refractivity (Wildman–Crippen MR) is 53.0 cm³/mol. The fourth-order valence-electron chi connectivity index (χ4n) is 1.65. The molecule has 14 heavy (non-hydrogen) atoms. The molecule has 0 N–H and O–H groups in total. The van der Waals surface area contributed by atoms with Crippen LogP contribution in [0.5, 0.6) is 0 Å². The van der Waals surface area contributed by atoms with Gasteiger partial charge in [-0.2, -0.15) is 0 Å². The van der Waals surface area contributed by atoms with Crippen molar-refractivity contribution in [1.29, 1.82) is 0 Å². The van der Waals surface area contributed by atoms with Gasteiger partial charge in [0.25, 0.3) is 5.91 Å². The van der Waals surface area contributed by atoms with Crippen LogP contribution in [0.3, 0.4) is 0 Å². The molecule has 1 atom stereocenters. The minimum absolute atomic E-state index is 0.0191. The maximum Gasteiger partial charge on any atom is 0.289 e. The molecule has 1 aliphatic carbocycles. The summed E-state index contributed by atoms with van der Waals surface area (Å²) in [6, 6.07) is 3.77. The lowest BCUT2D eigenvalue weighted by Gasteiger charge is -2.23. The van der Waals surface area contributed by atoms with Gasteiger partial charge in [0.2, 0.25) is 0 Å². The predicted octanol–water partition coefficient (Wildman–Crippen LogP) is 2.15. The molecule has 0 bridgehead atoms. The molecular formula is C11H15NO2. The normalized spacial score (nSPS) is 17.9. The molecule has 3 heteroatoms. The average Bonchev–Trinajstić information content (AvgIpc) is 2.90. The number of carbonyl (C=O) groups is 1. The summed E-state index contributed by atoms with van der Waals surface area (Å²) in [5.41, 5.74) is 0. The van der Waals surface area contributed by atoms with Gasteiger partial charge in [-0.1, -0.05) is 0 Å². The molecule has 0 aromatic carbocycles. The summed E-state index contributed by atoms with van der Waals surface area (Å²) in [4.78, 5) is 13.6. The van der Waals surface area contributed by atoms with Gasteiger partial charge in [0.05, 0.1) is 6.26 Å².